The highest BCUT2D eigenvalue weighted by molar-refractivity contribution is 8.00. The minimum Gasteiger partial charge on any atom is -0.157 e. The zero-order valence-electron chi connectivity index (χ0n) is 10.1. The summed E-state index contributed by atoms with van der Waals surface area (Å²) in [7, 11) is 0. The van der Waals surface area contributed by atoms with Crippen LogP contribution in [0, 0.1) is 0 Å². The summed E-state index contributed by atoms with van der Waals surface area (Å²) in [6.07, 6.45) is 1.98. The molecule has 96 valence electrons. The SMILES string of the molecule is CSc1nnc(Cn2nnc(-c3ccccc3)n2)s1. The molecule has 0 atom stereocenters. The van der Waals surface area contributed by atoms with Gasteiger partial charge in [0.2, 0.25) is 5.82 Å². The molecule has 2 aromatic heterocycles. The number of nitrogens with zero attached hydrogens (tertiary/aromatic N) is 6. The molecule has 0 aliphatic heterocycles. The third kappa shape index (κ3) is 2.79. The van der Waals surface area contributed by atoms with Crippen LogP contribution in [0.1, 0.15) is 5.01 Å². The Morgan fingerprint density at radius 1 is 1.16 bits per heavy atom. The van der Waals surface area contributed by atoms with Gasteiger partial charge in [0.1, 0.15) is 11.6 Å². The first-order valence-electron chi connectivity index (χ1n) is 5.55. The number of aromatic nitrogens is 6. The van der Waals surface area contributed by atoms with Crippen LogP contribution in [0.2, 0.25) is 0 Å². The van der Waals surface area contributed by atoms with Gasteiger partial charge in [-0.05, 0) is 11.5 Å². The van der Waals surface area contributed by atoms with Gasteiger partial charge in [0.05, 0.1) is 0 Å². The Hall–Kier alpha value is -1.80. The van der Waals surface area contributed by atoms with Crippen LogP contribution in [0.25, 0.3) is 11.4 Å². The first-order chi connectivity index (χ1) is 9.35. The predicted octanol–water partition coefficient (Wildman–Crippen LogP) is 1.96. The fourth-order valence-corrected chi connectivity index (χ4v) is 2.81. The fraction of sp³-hybridized carbons (Fsp3) is 0.182. The van der Waals surface area contributed by atoms with Crippen molar-refractivity contribution >= 4 is 23.1 Å². The molecule has 1 aromatic carbocycles. The molecule has 0 N–H and O–H groups in total. The summed E-state index contributed by atoms with van der Waals surface area (Å²) < 4.78 is 0.943. The van der Waals surface area contributed by atoms with Crippen LogP contribution >= 0.6 is 23.1 Å². The minimum absolute atomic E-state index is 0.498. The van der Waals surface area contributed by atoms with Crippen LogP contribution in [0.3, 0.4) is 0 Å². The third-order valence-corrected chi connectivity index (χ3v) is 4.27. The second kappa shape index (κ2) is 5.45. The van der Waals surface area contributed by atoms with Crippen LogP contribution in [-0.2, 0) is 6.54 Å². The number of tetrazole rings is 1. The molecule has 0 bridgehead atoms. The van der Waals surface area contributed by atoms with Gasteiger partial charge < -0.3 is 0 Å². The Morgan fingerprint density at radius 3 is 2.74 bits per heavy atom. The lowest BCUT2D eigenvalue weighted by atomic mass is 10.2. The normalized spacial score (nSPS) is 10.8. The smallest absolute Gasteiger partial charge is 0.157 e. The lowest BCUT2D eigenvalue weighted by Crippen LogP contribution is -2.03. The van der Waals surface area contributed by atoms with Gasteiger partial charge in [-0.3, -0.25) is 0 Å². The minimum atomic E-state index is 0.498. The highest BCUT2D eigenvalue weighted by atomic mass is 32.2. The molecule has 0 amide bonds. The van der Waals surface area contributed by atoms with E-state index in [0.29, 0.717) is 12.4 Å². The molecule has 0 radical (unpaired) electrons. The summed E-state index contributed by atoms with van der Waals surface area (Å²) in [5, 5.41) is 21.4. The van der Waals surface area contributed by atoms with Crippen molar-refractivity contribution in [3.63, 3.8) is 0 Å². The van der Waals surface area contributed by atoms with E-state index in [4.69, 9.17) is 0 Å². The van der Waals surface area contributed by atoms with Crippen molar-refractivity contribution < 1.29 is 0 Å². The standard InChI is InChI=1S/C11H10N6S2/c1-18-11-14-12-9(19-11)7-17-15-10(13-16-17)8-5-3-2-4-6-8/h2-6H,7H2,1H3. The third-order valence-electron chi connectivity index (χ3n) is 2.38. The van der Waals surface area contributed by atoms with E-state index >= 15 is 0 Å². The van der Waals surface area contributed by atoms with Gasteiger partial charge in [0, 0.05) is 5.56 Å². The zero-order valence-corrected chi connectivity index (χ0v) is 11.7. The number of benzene rings is 1. The van der Waals surface area contributed by atoms with Gasteiger partial charge in [0.15, 0.2) is 4.34 Å². The summed E-state index contributed by atoms with van der Waals surface area (Å²) in [6, 6.07) is 9.77. The number of thioether (sulfide) groups is 1. The van der Waals surface area contributed by atoms with Crippen molar-refractivity contribution in [1.29, 1.82) is 0 Å². The summed E-state index contributed by atoms with van der Waals surface area (Å²) in [5.41, 5.74) is 0.954. The molecular weight excluding hydrogens is 280 g/mol. The first kappa shape index (κ1) is 12.2. The maximum atomic E-state index is 4.34. The Balaban J connectivity index is 1.78. The Kier molecular flexibility index (Phi) is 3.51. The quantitative estimate of drug-likeness (QED) is 0.684. The predicted molar refractivity (Wildman–Crippen MR) is 74.0 cm³/mol. The van der Waals surface area contributed by atoms with E-state index in [-0.39, 0.29) is 0 Å². The molecule has 3 aromatic rings. The highest BCUT2D eigenvalue weighted by Gasteiger charge is 2.08. The van der Waals surface area contributed by atoms with E-state index in [2.05, 4.69) is 25.6 Å². The summed E-state index contributed by atoms with van der Waals surface area (Å²) in [6.45, 7) is 0.498. The van der Waals surface area contributed by atoms with Crippen molar-refractivity contribution in [1.82, 2.24) is 30.4 Å². The molecule has 2 heterocycles. The molecule has 6 nitrogen and oxygen atoms in total. The topological polar surface area (TPSA) is 69.4 Å². The van der Waals surface area contributed by atoms with Crippen molar-refractivity contribution in [2.75, 3.05) is 6.26 Å². The molecular formula is C11H10N6S2. The lowest BCUT2D eigenvalue weighted by Gasteiger charge is -1.93. The number of hydrogen-bond acceptors (Lipinski definition) is 7. The molecule has 0 unspecified atom stereocenters. The maximum absolute atomic E-state index is 4.34. The van der Waals surface area contributed by atoms with E-state index in [1.54, 1.807) is 23.1 Å². The molecule has 3 rings (SSSR count). The fourth-order valence-electron chi connectivity index (χ4n) is 1.52. The van der Waals surface area contributed by atoms with Crippen molar-refractivity contribution in [3.8, 4) is 11.4 Å². The van der Waals surface area contributed by atoms with Crippen LogP contribution < -0.4 is 0 Å². The molecule has 8 heteroatoms. The van der Waals surface area contributed by atoms with Crippen LogP contribution in [0.4, 0.5) is 0 Å². The van der Waals surface area contributed by atoms with E-state index in [0.717, 1.165) is 14.9 Å². The monoisotopic (exact) mass is 290 g/mol. The largest absolute Gasteiger partial charge is 0.204 e. The average Bonchev–Trinajstić information content (AvgIpc) is 3.09. The summed E-state index contributed by atoms with van der Waals surface area (Å²) in [4.78, 5) is 1.53. The van der Waals surface area contributed by atoms with Crippen LogP contribution in [-0.4, -0.2) is 36.7 Å². The second-order valence-corrected chi connectivity index (χ2v) is 5.79. The van der Waals surface area contributed by atoms with Crippen molar-refractivity contribution in [2.45, 2.75) is 10.9 Å². The number of hydrogen-bond donors (Lipinski definition) is 0. The van der Waals surface area contributed by atoms with Crippen molar-refractivity contribution in [3.05, 3.63) is 35.3 Å². The Morgan fingerprint density at radius 2 is 2.00 bits per heavy atom. The van der Waals surface area contributed by atoms with Gasteiger partial charge in [-0.25, -0.2) is 0 Å². The van der Waals surface area contributed by atoms with Gasteiger partial charge in [0.25, 0.3) is 0 Å². The van der Waals surface area contributed by atoms with Crippen LogP contribution in [0.5, 0.6) is 0 Å². The lowest BCUT2D eigenvalue weighted by molar-refractivity contribution is 0.568. The molecule has 19 heavy (non-hydrogen) atoms. The molecule has 0 aliphatic rings. The van der Waals surface area contributed by atoms with Crippen LogP contribution in [0.15, 0.2) is 34.7 Å². The Labute approximate surface area is 117 Å². The average molecular weight is 290 g/mol. The zero-order chi connectivity index (χ0) is 13.1. The van der Waals surface area contributed by atoms with Crippen molar-refractivity contribution in [2.24, 2.45) is 0 Å². The second-order valence-electron chi connectivity index (χ2n) is 3.68. The van der Waals surface area contributed by atoms with E-state index in [9.17, 15) is 0 Å². The highest BCUT2D eigenvalue weighted by Crippen LogP contribution is 2.20. The molecule has 0 saturated heterocycles. The molecule has 0 fully saturated rings. The summed E-state index contributed by atoms with van der Waals surface area (Å²) >= 11 is 3.13. The van der Waals surface area contributed by atoms with E-state index in [1.165, 1.54) is 4.80 Å². The van der Waals surface area contributed by atoms with E-state index in [1.807, 2.05) is 36.6 Å². The first-order valence-corrected chi connectivity index (χ1v) is 7.59. The van der Waals surface area contributed by atoms with E-state index < -0.39 is 0 Å². The molecule has 0 saturated carbocycles. The molecule has 0 spiro atoms. The van der Waals surface area contributed by atoms with Gasteiger partial charge in [-0.1, -0.05) is 53.4 Å². The Bertz CT molecular complexity index is 663. The van der Waals surface area contributed by atoms with Gasteiger partial charge in [-0.2, -0.15) is 4.80 Å². The van der Waals surface area contributed by atoms with Gasteiger partial charge in [-0.15, -0.1) is 20.4 Å². The van der Waals surface area contributed by atoms with Gasteiger partial charge >= 0.3 is 0 Å². The maximum Gasteiger partial charge on any atom is 0.204 e. The number of rotatable bonds is 4. The molecule has 0 aliphatic carbocycles. The summed E-state index contributed by atoms with van der Waals surface area (Å²) in [5.74, 6) is 0.621.